The third kappa shape index (κ3) is 4.27. The van der Waals surface area contributed by atoms with E-state index in [2.05, 4.69) is 17.3 Å². The van der Waals surface area contributed by atoms with Gasteiger partial charge in [-0.25, -0.2) is 0 Å². The summed E-state index contributed by atoms with van der Waals surface area (Å²) in [5, 5.41) is 4.33. The van der Waals surface area contributed by atoms with Crippen molar-refractivity contribution in [3.63, 3.8) is 0 Å². The van der Waals surface area contributed by atoms with Crippen LogP contribution in [0.5, 0.6) is 0 Å². The van der Waals surface area contributed by atoms with Gasteiger partial charge in [-0.2, -0.15) is 4.98 Å². The van der Waals surface area contributed by atoms with Gasteiger partial charge in [0.05, 0.1) is 0 Å². The summed E-state index contributed by atoms with van der Waals surface area (Å²) in [7, 11) is 1.72. The minimum absolute atomic E-state index is 0.150. The van der Waals surface area contributed by atoms with Crippen molar-refractivity contribution in [2.45, 2.75) is 56.3 Å². The molecular weight excluding hydrogens is 354 g/mol. The first kappa shape index (κ1) is 19.1. The minimum atomic E-state index is -0.150. The molecule has 1 saturated heterocycles. The summed E-state index contributed by atoms with van der Waals surface area (Å²) in [6, 6.07) is 10.2. The number of likely N-dealkylation sites (tertiary alicyclic amines) is 1. The fourth-order valence-electron chi connectivity index (χ4n) is 4.07. The fraction of sp³-hybridized carbons (Fsp3) is 0.591. The molecule has 1 saturated carbocycles. The number of ether oxygens (including phenoxy) is 1. The molecular formula is C22H29N3O3. The zero-order valence-electron chi connectivity index (χ0n) is 16.6. The zero-order valence-corrected chi connectivity index (χ0v) is 16.6. The second-order valence-corrected chi connectivity index (χ2v) is 8.12. The van der Waals surface area contributed by atoms with Crippen LogP contribution in [0.3, 0.4) is 0 Å². The van der Waals surface area contributed by atoms with Gasteiger partial charge in [-0.05, 0) is 44.1 Å². The van der Waals surface area contributed by atoms with E-state index in [0.29, 0.717) is 18.9 Å². The van der Waals surface area contributed by atoms with Crippen LogP contribution in [0, 0.1) is 0 Å². The van der Waals surface area contributed by atoms with E-state index in [1.807, 2.05) is 23.1 Å². The molecule has 150 valence electrons. The Hall–Kier alpha value is -2.21. The molecule has 0 N–H and O–H groups in total. The van der Waals surface area contributed by atoms with E-state index in [1.54, 1.807) is 7.11 Å². The van der Waals surface area contributed by atoms with E-state index < -0.39 is 0 Å². The van der Waals surface area contributed by atoms with Crippen LogP contribution in [0.1, 0.15) is 61.7 Å². The third-order valence-electron chi connectivity index (χ3n) is 6.17. The van der Waals surface area contributed by atoms with Crippen LogP contribution < -0.4 is 0 Å². The van der Waals surface area contributed by atoms with Gasteiger partial charge >= 0.3 is 0 Å². The summed E-state index contributed by atoms with van der Waals surface area (Å²) < 4.78 is 10.9. The number of aromatic nitrogens is 2. The van der Waals surface area contributed by atoms with Crippen molar-refractivity contribution in [2.24, 2.45) is 0 Å². The summed E-state index contributed by atoms with van der Waals surface area (Å²) >= 11 is 0. The predicted octanol–water partition coefficient (Wildman–Crippen LogP) is 3.48. The van der Waals surface area contributed by atoms with Gasteiger partial charge in [-0.3, -0.25) is 4.79 Å². The van der Waals surface area contributed by atoms with Crippen LogP contribution in [0.2, 0.25) is 0 Å². The summed E-state index contributed by atoms with van der Waals surface area (Å²) in [4.78, 5) is 19.4. The molecule has 28 heavy (non-hydrogen) atoms. The molecule has 1 aromatic heterocycles. The average molecular weight is 383 g/mol. The van der Waals surface area contributed by atoms with Gasteiger partial charge in [0.1, 0.15) is 0 Å². The zero-order chi connectivity index (χ0) is 19.4. The highest BCUT2D eigenvalue weighted by molar-refractivity contribution is 5.76. The highest BCUT2D eigenvalue weighted by Crippen LogP contribution is 2.42. The number of carbonyl (C=O) groups excluding carboxylic acids is 1. The molecule has 6 nitrogen and oxygen atoms in total. The lowest BCUT2D eigenvalue weighted by Gasteiger charge is -2.40. The van der Waals surface area contributed by atoms with Crippen LogP contribution in [-0.2, 0) is 21.4 Å². The Bertz CT molecular complexity index is 777. The smallest absolute Gasteiger partial charge is 0.229 e. The van der Waals surface area contributed by atoms with E-state index in [9.17, 15) is 4.79 Å². The van der Waals surface area contributed by atoms with Crippen molar-refractivity contribution < 1.29 is 14.1 Å². The number of benzene rings is 1. The van der Waals surface area contributed by atoms with Crippen molar-refractivity contribution in [1.82, 2.24) is 15.0 Å². The number of hydrogen-bond donors (Lipinski definition) is 0. The van der Waals surface area contributed by atoms with E-state index in [1.165, 1.54) is 5.56 Å². The molecule has 0 atom stereocenters. The molecule has 6 heteroatoms. The third-order valence-corrected chi connectivity index (χ3v) is 6.17. The Kier molecular flexibility index (Phi) is 5.76. The summed E-state index contributed by atoms with van der Waals surface area (Å²) in [6.07, 6.45) is 6.23. The van der Waals surface area contributed by atoms with Crippen LogP contribution in [0.4, 0.5) is 0 Å². The van der Waals surface area contributed by atoms with E-state index in [-0.39, 0.29) is 11.3 Å². The van der Waals surface area contributed by atoms with Gasteiger partial charge in [0.25, 0.3) is 0 Å². The lowest BCUT2D eigenvalue weighted by atomic mass is 9.75. The first-order chi connectivity index (χ1) is 13.7. The molecule has 1 aliphatic carbocycles. The summed E-state index contributed by atoms with van der Waals surface area (Å²) in [6.45, 7) is 2.14. The van der Waals surface area contributed by atoms with Crippen LogP contribution >= 0.6 is 0 Å². The number of rotatable bonds is 8. The van der Waals surface area contributed by atoms with E-state index in [4.69, 9.17) is 14.2 Å². The largest absolute Gasteiger partial charge is 0.385 e. The summed E-state index contributed by atoms with van der Waals surface area (Å²) in [5.41, 5.74) is 1.06. The molecule has 0 bridgehead atoms. The number of amides is 1. The number of aryl methyl sites for hydroxylation is 1. The first-order valence-electron chi connectivity index (χ1n) is 10.3. The molecule has 4 rings (SSSR count). The van der Waals surface area contributed by atoms with Crippen molar-refractivity contribution in [2.75, 3.05) is 26.8 Å². The lowest BCUT2D eigenvalue weighted by Crippen LogP contribution is -2.46. The monoisotopic (exact) mass is 383 g/mol. The van der Waals surface area contributed by atoms with Crippen LogP contribution in [-0.4, -0.2) is 47.8 Å². The maximum Gasteiger partial charge on any atom is 0.229 e. The van der Waals surface area contributed by atoms with Crippen LogP contribution in [0.25, 0.3) is 0 Å². The van der Waals surface area contributed by atoms with Crippen molar-refractivity contribution in [1.29, 1.82) is 0 Å². The Balaban J connectivity index is 1.37. The Morgan fingerprint density at radius 1 is 1.25 bits per heavy atom. The molecule has 0 radical (unpaired) electrons. The number of nitrogens with zero attached hydrogens (tertiary/aromatic N) is 3. The van der Waals surface area contributed by atoms with Crippen molar-refractivity contribution >= 4 is 5.91 Å². The predicted molar refractivity (Wildman–Crippen MR) is 105 cm³/mol. The highest BCUT2D eigenvalue weighted by atomic mass is 16.5. The van der Waals surface area contributed by atoms with Crippen molar-refractivity contribution in [3.8, 4) is 0 Å². The second-order valence-electron chi connectivity index (χ2n) is 8.12. The van der Waals surface area contributed by atoms with Gasteiger partial charge in [-0.15, -0.1) is 0 Å². The van der Waals surface area contributed by atoms with Crippen LogP contribution in [0.15, 0.2) is 34.9 Å². The number of piperidine rings is 1. The van der Waals surface area contributed by atoms with Gasteiger partial charge in [0, 0.05) is 44.6 Å². The molecule has 2 aromatic rings. The molecule has 1 amide bonds. The highest BCUT2D eigenvalue weighted by Gasteiger charge is 2.42. The van der Waals surface area contributed by atoms with Gasteiger partial charge in [-0.1, -0.05) is 35.5 Å². The number of methoxy groups -OCH3 is 1. The quantitative estimate of drug-likeness (QED) is 0.698. The molecule has 2 fully saturated rings. The van der Waals surface area contributed by atoms with Gasteiger partial charge < -0.3 is 14.2 Å². The molecule has 0 unspecified atom stereocenters. The Morgan fingerprint density at radius 3 is 2.68 bits per heavy atom. The normalized spacial score (nSPS) is 19.0. The maximum absolute atomic E-state index is 12.7. The standard InChI is InChI=1S/C22H29N3O3/c1-27-16-13-22(21-23-20(28-24-21)18-8-9-18)11-14-25(15-12-22)19(26)10-7-17-5-3-2-4-6-17/h2-6,18H,7-16H2,1H3. The number of carbonyl (C=O) groups is 1. The topological polar surface area (TPSA) is 68.5 Å². The maximum atomic E-state index is 12.7. The van der Waals surface area contributed by atoms with Gasteiger partial charge in [0.2, 0.25) is 11.8 Å². The van der Waals surface area contributed by atoms with E-state index in [0.717, 1.165) is 63.3 Å². The Labute approximate surface area is 166 Å². The molecule has 2 heterocycles. The van der Waals surface area contributed by atoms with Crippen molar-refractivity contribution in [3.05, 3.63) is 47.6 Å². The molecule has 0 spiro atoms. The average Bonchev–Trinajstić information content (AvgIpc) is 3.48. The minimum Gasteiger partial charge on any atom is -0.385 e. The second kappa shape index (κ2) is 8.43. The first-order valence-corrected chi connectivity index (χ1v) is 10.3. The Morgan fingerprint density at radius 2 is 2.00 bits per heavy atom. The van der Waals surface area contributed by atoms with E-state index >= 15 is 0 Å². The lowest BCUT2D eigenvalue weighted by molar-refractivity contribution is -0.133. The number of hydrogen-bond acceptors (Lipinski definition) is 5. The molecule has 1 aromatic carbocycles. The fourth-order valence-corrected chi connectivity index (χ4v) is 4.07. The summed E-state index contributed by atoms with van der Waals surface area (Å²) in [5.74, 6) is 2.28. The van der Waals surface area contributed by atoms with Gasteiger partial charge in [0.15, 0.2) is 5.82 Å². The SMILES string of the molecule is COCCC1(c2noc(C3CC3)n2)CCN(C(=O)CCc2ccccc2)CC1. The molecule has 1 aliphatic heterocycles. The molecule has 2 aliphatic rings.